The quantitative estimate of drug-likeness (QED) is 0.878. The van der Waals surface area contributed by atoms with Gasteiger partial charge in [-0.15, -0.1) is 0 Å². The molecule has 2 aliphatic rings. The number of amides is 1. The lowest BCUT2D eigenvalue weighted by molar-refractivity contribution is -0.138. The lowest BCUT2D eigenvalue weighted by atomic mass is 9.90. The molecule has 1 aromatic rings. The first-order valence-electron chi connectivity index (χ1n) is 7.29. The Morgan fingerprint density at radius 3 is 2.68 bits per heavy atom. The monoisotopic (exact) mass is 262 g/mol. The molecule has 0 aromatic carbocycles. The van der Waals surface area contributed by atoms with Crippen molar-refractivity contribution in [3.8, 4) is 0 Å². The van der Waals surface area contributed by atoms with Crippen LogP contribution in [-0.4, -0.2) is 46.8 Å². The molecule has 104 valence electrons. The highest BCUT2D eigenvalue weighted by Gasteiger charge is 2.31. The summed E-state index contributed by atoms with van der Waals surface area (Å²) in [6, 6.07) is 0. The van der Waals surface area contributed by atoms with Crippen molar-refractivity contribution in [1.82, 2.24) is 20.0 Å². The minimum Gasteiger partial charge on any atom is -0.342 e. The fourth-order valence-electron chi connectivity index (χ4n) is 2.92. The van der Waals surface area contributed by atoms with Gasteiger partial charge in [0.25, 0.3) is 0 Å². The number of aryl methyl sites for hydroxylation is 1. The molecule has 0 bridgehead atoms. The maximum Gasteiger partial charge on any atom is 0.228 e. The van der Waals surface area contributed by atoms with Crippen molar-refractivity contribution in [3.63, 3.8) is 0 Å². The Morgan fingerprint density at radius 1 is 1.42 bits per heavy atom. The molecule has 1 amide bonds. The number of carbonyl (C=O) groups excluding carboxylic acids is 1. The molecule has 5 heteroatoms. The summed E-state index contributed by atoms with van der Waals surface area (Å²) < 4.78 is 1.98. The topological polar surface area (TPSA) is 50.2 Å². The zero-order chi connectivity index (χ0) is 13.2. The fraction of sp³-hybridized carbons (Fsp3) is 0.714. The van der Waals surface area contributed by atoms with Gasteiger partial charge in [-0.1, -0.05) is 0 Å². The van der Waals surface area contributed by atoms with E-state index in [9.17, 15) is 4.79 Å². The van der Waals surface area contributed by atoms with Crippen LogP contribution in [0.2, 0.25) is 0 Å². The fourth-order valence-corrected chi connectivity index (χ4v) is 2.92. The van der Waals surface area contributed by atoms with Crippen LogP contribution in [-0.2, 0) is 11.3 Å². The van der Waals surface area contributed by atoms with Gasteiger partial charge in [-0.05, 0) is 31.2 Å². The van der Waals surface area contributed by atoms with E-state index in [1.165, 1.54) is 5.56 Å². The summed E-state index contributed by atoms with van der Waals surface area (Å²) in [7, 11) is 0. The van der Waals surface area contributed by atoms with Crippen LogP contribution in [0.25, 0.3) is 0 Å². The molecule has 5 nitrogen and oxygen atoms in total. The molecule has 1 N–H and O–H groups in total. The molecule has 0 spiro atoms. The van der Waals surface area contributed by atoms with Gasteiger partial charge in [0.15, 0.2) is 0 Å². The molecule has 0 aliphatic carbocycles. The summed E-state index contributed by atoms with van der Waals surface area (Å²) >= 11 is 0. The molecule has 0 radical (unpaired) electrons. The standard InChI is InChI=1S/C14H22N4O/c1-2-18-10-13(9-16-18)11-3-5-17(6-4-11)14(19)12-7-15-8-12/h9-12,15H,2-8H2,1H3. The van der Waals surface area contributed by atoms with E-state index in [0.717, 1.165) is 45.6 Å². The first-order valence-corrected chi connectivity index (χ1v) is 7.29. The number of rotatable bonds is 3. The van der Waals surface area contributed by atoms with Crippen molar-refractivity contribution in [1.29, 1.82) is 0 Å². The number of hydrogen-bond acceptors (Lipinski definition) is 3. The molecule has 19 heavy (non-hydrogen) atoms. The summed E-state index contributed by atoms with van der Waals surface area (Å²) in [5, 5.41) is 7.51. The molecule has 3 heterocycles. The van der Waals surface area contributed by atoms with Crippen LogP contribution in [0.4, 0.5) is 0 Å². The van der Waals surface area contributed by atoms with Crippen LogP contribution in [0.1, 0.15) is 31.2 Å². The second-order valence-electron chi connectivity index (χ2n) is 5.58. The van der Waals surface area contributed by atoms with Crippen LogP contribution in [0.5, 0.6) is 0 Å². The highest BCUT2D eigenvalue weighted by molar-refractivity contribution is 5.80. The zero-order valence-corrected chi connectivity index (χ0v) is 11.5. The number of aromatic nitrogens is 2. The van der Waals surface area contributed by atoms with Crippen molar-refractivity contribution in [3.05, 3.63) is 18.0 Å². The van der Waals surface area contributed by atoms with Crippen molar-refractivity contribution in [2.24, 2.45) is 5.92 Å². The Hall–Kier alpha value is -1.36. The average molecular weight is 262 g/mol. The number of nitrogens with one attached hydrogen (secondary N) is 1. The number of carbonyl (C=O) groups is 1. The molecule has 2 fully saturated rings. The van der Waals surface area contributed by atoms with Gasteiger partial charge in [0, 0.05) is 38.9 Å². The molecule has 3 rings (SSSR count). The van der Waals surface area contributed by atoms with Gasteiger partial charge in [-0.2, -0.15) is 5.10 Å². The van der Waals surface area contributed by atoms with E-state index in [0.29, 0.717) is 11.8 Å². The molecule has 0 atom stereocenters. The Kier molecular flexibility index (Phi) is 3.55. The maximum atomic E-state index is 12.1. The van der Waals surface area contributed by atoms with E-state index in [4.69, 9.17) is 0 Å². The molecule has 2 aliphatic heterocycles. The Balaban J connectivity index is 1.55. The minimum absolute atomic E-state index is 0.236. The largest absolute Gasteiger partial charge is 0.342 e. The third kappa shape index (κ3) is 2.52. The second kappa shape index (κ2) is 5.33. The highest BCUT2D eigenvalue weighted by atomic mass is 16.2. The van der Waals surface area contributed by atoms with Gasteiger partial charge in [-0.3, -0.25) is 9.48 Å². The van der Waals surface area contributed by atoms with Gasteiger partial charge in [0.2, 0.25) is 5.91 Å². The zero-order valence-electron chi connectivity index (χ0n) is 11.5. The smallest absolute Gasteiger partial charge is 0.228 e. The van der Waals surface area contributed by atoms with E-state index in [1.807, 2.05) is 15.8 Å². The van der Waals surface area contributed by atoms with Gasteiger partial charge < -0.3 is 10.2 Å². The second-order valence-corrected chi connectivity index (χ2v) is 5.58. The SMILES string of the molecule is CCn1cc(C2CCN(C(=O)C3CNC3)CC2)cn1. The normalized spacial score (nSPS) is 21.4. The van der Waals surface area contributed by atoms with E-state index in [-0.39, 0.29) is 5.92 Å². The molecular formula is C14H22N4O. The van der Waals surface area contributed by atoms with Crippen LogP contribution in [0.3, 0.4) is 0 Å². The van der Waals surface area contributed by atoms with E-state index in [1.54, 1.807) is 0 Å². The summed E-state index contributed by atoms with van der Waals surface area (Å²) in [6.07, 6.45) is 6.28. The van der Waals surface area contributed by atoms with Crippen LogP contribution >= 0.6 is 0 Å². The number of piperidine rings is 1. The van der Waals surface area contributed by atoms with E-state index < -0.39 is 0 Å². The molecule has 2 saturated heterocycles. The summed E-state index contributed by atoms with van der Waals surface area (Å²) in [6.45, 7) is 6.55. The minimum atomic E-state index is 0.236. The van der Waals surface area contributed by atoms with E-state index >= 15 is 0 Å². The van der Waals surface area contributed by atoms with Crippen molar-refractivity contribution < 1.29 is 4.79 Å². The van der Waals surface area contributed by atoms with Crippen molar-refractivity contribution in [2.45, 2.75) is 32.2 Å². The van der Waals surface area contributed by atoms with Gasteiger partial charge >= 0.3 is 0 Å². The van der Waals surface area contributed by atoms with Crippen LogP contribution in [0.15, 0.2) is 12.4 Å². The third-order valence-corrected chi connectivity index (χ3v) is 4.39. The molecule has 1 aromatic heterocycles. The number of hydrogen-bond donors (Lipinski definition) is 1. The predicted molar refractivity (Wildman–Crippen MR) is 72.8 cm³/mol. The molecular weight excluding hydrogens is 240 g/mol. The lowest BCUT2D eigenvalue weighted by Gasteiger charge is -2.36. The summed E-state index contributed by atoms with van der Waals surface area (Å²) in [5.74, 6) is 1.16. The van der Waals surface area contributed by atoms with Crippen molar-refractivity contribution >= 4 is 5.91 Å². The Labute approximate surface area is 114 Å². The first kappa shape index (κ1) is 12.7. The highest BCUT2D eigenvalue weighted by Crippen LogP contribution is 2.28. The first-order chi connectivity index (χ1) is 9.28. The van der Waals surface area contributed by atoms with Gasteiger partial charge in [0.1, 0.15) is 0 Å². The van der Waals surface area contributed by atoms with Crippen LogP contribution < -0.4 is 5.32 Å². The lowest BCUT2D eigenvalue weighted by Crippen LogP contribution is -2.53. The summed E-state index contributed by atoms with van der Waals surface area (Å²) in [4.78, 5) is 14.2. The number of nitrogens with zero attached hydrogens (tertiary/aromatic N) is 3. The Morgan fingerprint density at radius 2 is 2.16 bits per heavy atom. The van der Waals surface area contributed by atoms with E-state index in [2.05, 4.69) is 23.5 Å². The van der Waals surface area contributed by atoms with Crippen LogP contribution in [0, 0.1) is 5.92 Å². The van der Waals surface area contributed by atoms with Crippen molar-refractivity contribution in [2.75, 3.05) is 26.2 Å². The number of likely N-dealkylation sites (tertiary alicyclic amines) is 1. The third-order valence-electron chi connectivity index (χ3n) is 4.39. The molecule has 0 unspecified atom stereocenters. The van der Waals surface area contributed by atoms with Gasteiger partial charge in [-0.25, -0.2) is 0 Å². The maximum absolute atomic E-state index is 12.1. The Bertz CT molecular complexity index is 444. The predicted octanol–water partition coefficient (Wildman–Crippen LogP) is 0.828. The summed E-state index contributed by atoms with van der Waals surface area (Å²) in [5.41, 5.74) is 1.33. The average Bonchev–Trinajstić information content (AvgIpc) is 2.85. The molecule has 0 saturated carbocycles. The van der Waals surface area contributed by atoms with Gasteiger partial charge in [0.05, 0.1) is 12.1 Å².